The molecule has 0 unspecified atom stereocenters. The van der Waals surface area contributed by atoms with E-state index in [1.165, 1.54) is 11.3 Å². The van der Waals surface area contributed by atoms with Crippen molar-refractivity contribution in [3.05, 3.63) is 45.4 Å². The Morgan fingerprint density at radius 2 is 2.26 bits per heavy atom. The maximum atomic E-state index is 12.1. The molecular formula is C13H14ClN3OS. The standard InChI is InChI=1S/C13H14ClN3OS/c1-2-16-11-5-6-15-8-10(11)13(18)17-7-9-3-4-12(14)19-9/h3-6,8H,2,7H2,1H3,(H,15,16)(H,17,18). The van der Waals surface area contributed by atoms with E-state index in [2.05, 4.69) is 15.6 Å². The summed E-state index contributed by atoms with van der Waals surface area (Å²) in [6.45, 7) is 3.21. The van der Waals surface area contributed by atoms with Crippen LogP contribution in [0.25, 0.3) is 0 Å². The number of halogens is 1. The normalized spacial score (nSPS) is 10.2. The van der Waals surface area contributed by atoms with Crippen LogP contribution < -0.4 is 10.6 Å². The van der Waals surface area contributed by atoms with Gasteiger partial charge in [-0.15, -0.1) is 11.3 Å². The van der Waals surface area contributed by atoms with E-state index in [1.54, 1.807) is 18.5 Å². The van der Waals surface area contributed by atoms with Gasteiger partial charge in [-0.3, -0.25) is 9.78 Å². The average Bonchev–Trinajstić information content (AvgIpc) is 2.83. The van der Waals surface area contributed by atoms with E-state index in [4.69, 9.17) is 11.6 Å². The van der Waals surface area contributed by atoms with Crippen LogP contribution in [0.3, 0.4) is 0 Å². The van der Waals surface area contributed by atoms with E-state index in [0.29, 0.717) is 12.1 Å². The monoisotopic (exact) mass is 295 g/mol. The van der Waals surface area contributed by atoms with Gasteiger partial charge in [-0.1, -0.05) is 11.6 Å². The maximum absolute atomic E-state index is 12.1. The van der Waals surface area contributed by atoms with Crippen LogP contribution in [0.2, 0.25) is 4.34 Å². The molecule has 4 nitrogen and oxygen atoms in total. The number of nitrogens with zero attached hydrogens (tertiary/aromatic N) is 1. The highest BCUT2D eigenvalue weighted by Crippen LogP contribution is 2.21. The summed E-state index contributed by atoms with van der Waals surface area (Å²) in [4.78, 5) is 17.1. The highest BCUT2D eigenvalue weighted by molar-refractivity contribution is 7.16. The number of anilines is 1. The molecule has 2 aromatic heterocycles. The van der Waals surface area contributed by atoms with E-state index in [-0.39, 0.29) is 5.91 Å². The molecule has 19 heavy (non-hydrogen) atoms. The summed E-state index contributed by atoms with van der Waals surface area (Å²) in [6, 6.07) is 5.52. The molecule has 2 N–H and O–H groups in total. The SMILES string of the molecule is CCNc1ccncc1C(=O)NCc1ccc(Cl)s1. The molecule has 0 atom stereocenters. The molecule has 0 aliphatic heterocycles. The second-order valence-corrected chi connectivity index (χ2v) is 5.64. The van der Waals surface area contributed by atoms with E-state index in [0.717, 1.165) is 21.4 Å². The summed E-state index contributed by atoms with van der Waals surface area (Å²) < 4.78 is 0.721. The fourth-order valence-electron chi connectivity index (χ4n) is 1.63. The fourth-order valence-corrected chi connectivity index (χ4v) is 2.66. The summed E-state index contributed by atoms with van der Waals surface area (Å²) in [5.74, 6) is -0.145. The Morgan fingerprint density at radius 1 is 1.42 bits per heavy atom. The third kappa shape index (κ3) is 3.68. The zero-order valence-electron chi connectivity index (χ0n) is 10.4. The highest BCUT2D eigenvalue weighted by atomic mass is 35.5. The summed E-state index contributed by atoms with van der Waals surface area (Å²) in [7, 11) is 0. The number of thiophene rings is 1. The number of nitrogens with one attached hydrogen (secondary N) is 2. The van der Waals surface area contributed by atoms with Gasteiger partial charge in [0.1, 0.15) is 0 Å². The third-order valence-electron chi connectivity index (χ3n) is 2.48. The molecule has 0 saturated carbocycles. The van der Waals surface area contributed by atoms with Crippen molar-refractivity contribution >= 4 is 34.5 Å². The first kappa shape index (κ1) is 13.8. The molecule has 2 rings (SSSR count). The maximum Gasteiger partial charge on any atom is 0.255 e. The van der Waals surface area contributed by atoms with Crippen LogP contribution in [0.15, 0.2) is 30.6 Å². The van der Waals surface area contributed by atoms with Gasteiger partial charge in [0.25, 0.3) is 5.91 Å². The molecule has 2 heterocycles. The number of hydrogen-bond acceptors (Lipinski definition) is 4. The molecule has 0 spiro atoms. The molecule has 100 valence electrons. The first-order chi connectivity index (χ1) is 9.20. The van der Waals surface area contributed by atoms with Gasteiger partial charge in [-0.05, 0) is 25.1 Å². The molecule has 0 saturated heterocycles. The molecule has 0 aliphatic carbocycles. The van der Waals surface area contributed by atoms with Crippen molar-refractivity contribution in [2.75, 3.05) is 11.9 Å². The molecule has 0 aliphatic rings. The minimum atomic E-state index is -0.145. The summed E-state index contributed by atoms with van der Waals surface area (Å²) >= 11 is 7.30. The van der Waals surface area contributed by atoms with Crippen molar-refractivity contribution in [3.8, 4) is 0 Å². The van der Waals surface area contributed by atoms with Gasteiger partial charge in [0, 0.05) is 23.8 Å². The van der Waals surface area contributed by atoms with Gasteiger partial charge in [0.2, 0.25) is 0 Å². The van der Waals surface area contributed by atoms with Gasteiger partial charge in [-0.2, -0.15) is 0 Å². The largest absolute Gasteiger partial charge is 0.385 e. The van der Waals surface area contributed by atoms with Gasteiger partial charge < -0.3 is 10.6 Å². The lowest BCUT2D eigenvalue weighted by molar-refractivity contribution is 0.0952. The molecule has 1 amide bonds. The number of rotatable bonds is 5. The lowest BCUT2D eigenvalue weighted by Gasteiger charge is -2.09. The van der Waals surface area contributed by atoms with Crippen LogP contribution in [0.1, 0.15) is 22.2 Å². The predicted octanol–water partition coefficient (Wildman–Crippen LogP) is 3.16. The summed E-state index contributed by atoms with van der Waals surface area (Å²) in [6.07, 6.45) is 3.22. The molecule has 6 heteroatoms. The number of pyridine rings is 1. The van der Waals surface area contributed by atoms with Crippen molar-refractivity contribution in [3.63, 3.8) is 0 Å². The van der Waals surface area contributed by atoms with E-state index in [1.807, 2.05) is 19.1 Å². The number of carbonyl (C=O) groups is 1. The molecule has 2 aromatic rings. The van der Waals surface area contributed by atoms with Crippen LogP contribution in [-0.2, 0) is 6.54 Å². The van der Waals surface area contributed by atoms with Crippen molar-refractivity contribution < 1.29 is 4.79 Å². The third-order valence-corrected chi connectivity index (χ3v) is 3.72. The lowest BCUT2D eigenvalue weighted by Crippen LogP contribution is -2.23. The first-order valence-corrected chi connectivity index (χ1v) is 7.10. The summed E-state index contributed by atoms with van der Waals surface area (Å²) in [5.41, 5.74) is 1.34. The van der Waals surface area contributed by atoms with E-state index >= 15 is 0 Å². The fraction of sp³-hybridized carbons (Fsp3) is 0.231. The lowest BCUT2D eigenvalue weighted by atomic mass is 10.2. The van der Waals surface area contributed by atoms with Gasteiger partial charge in [-0.25, -0.2) is 0 Å². The van der Waals surface area contributed by atoms with Crippen LogP contribution in [0.4, 0.5) is 5.69 Å². The molecule has 0 bridgehead atoms. The topological polar surface area (TPSA) is 54.0 Å². The Bertz CT molecular complexity index is 571. The smallest absolute Gasteiger partial charge is 0.255 e. The number of hydrogen-bond donors (Lipinski definition) is 2. The van der Waals surface area contributed by atoms with Crippen LogP contribution >= 0.6 is 22.9 Å². The van der Waals surface area contributed by atoms with Crippen molar-refractivity contribution in [1.82, 2.24) is 10.3 Å². The molecule has 0 fully saturated rings. The van der Waals surface area contributed by atoms with Crippen LogP contribution in [0.5, 0.6) is 0 Å². The highest BCUT2D eigenvalue weighted by Gasteiger charge is 2.11. The zero-order valence-corrected chi connectivity index (χ0v) is 12.0. The van der Waals surface area contributed by atoms with E-state index in [9.17, 15) is 4.79 Å². The predicted molar refractivity (Wildman–Crippen MR) is 78.9 cm³/mol. The Labute approximate surface area is 120 Å². The van der Waals surface area contributed by atoms with Gasteiger partial charge in [0.05, 0.1) is 22.1 Å². The van der Waals surface area contributed by atoms with Crippen molar-refractivity contribution in [2.45, 2.75) is 13.5 Å². The first-order valence-electron chi connectivity index (χ1n) is 5.91. The van der Waals surface area contributed by atoms with Crippen molar-refractivity contribution in [1.29, 1.82) is 0 Å². The second kappa shape index (κ2) is 6.54. The minimum absolute atomic E-state index is 0.145. The number of carbonyl (C=O) groups excluding carboxylic acids is 1. The summed E-state index contributed by atoms with van der Waals surface area (Å²) in [5, 5.41) is 6.00. The van der Waals surface area contributed by atoms with Crippen LogP contribution in [-0.4, -0.2) is 17.4 Å². The van der Waals surface area contributed by atoms with E-state index < -0.39 is 0 Å². The quantitative estimate of drug-likeness (QED) is 0.891. The minimum Gasteiger partial charge on any atom is -0.385 e. The average molecular weight is 296 g/mol. The Kier molecular flexibility index (Phi) is 4.76. The van der Waals surface area contributed by atoms with Crippen molar-refractivity contribution in [2.24, 2.45) is 0 Å². The Hall–Kier alpha value is -1.59. The molecule has 0 radical (unpaired) electrons. The molecule has 0 aromatic carbocycles. The van der Waals surface area contributed by atoms with Gasteiger partial charge in [0.15, 0.2) is 0 Å². The number of aromatic nitrogens is 1. The molecular weight excluding hydrogens is 282 g/mol. The second-order valence-electron chi connectivity index (χ2n) is 3.84. The van der Waals surface area contributed by atoms with Gasteiger partial charge >= 0.3 is 0 Å². The Morgan fingerprint density at radius 3 is 2.95 bits per heavy atom. The van der Waals surface area contributed by atoms with Crippen LogP contribution in [0, 0.1) is 0 Å². The zero-order chi connectivity index (χ0) is 13.7. The Balaban J connectivity index is 2.03. The number of amides is 1.